The van der Waals surface area contributed by atoms with Gasteiger partial charge in [0, 0.05) is 12.7 Å². The Bertz CT molecular complexity index is 537. The van der Waals surface area contributed by atoms with Gasteiger partial charge in [-0.15, -0.1) is 0 Å². The number of hydrogen-bond donors (Lipinski definition) is 2. The monoisotopic (exact) mass is 318 g/mol. The van der Waals surface area contributed by atoms with Crippen molar-refractivity contribution in [3.05, 3.63) is 36.0 Å². The van der Waals surface area contributed by atoms with Gasteiger partial charge < -0.3 is 20.1 Å². The van der Waals surface area contributed by atoms with Gasteiger partial charge in [0.1, 0.15) is 0 Å². The predicted molar refractivity (Wildman–Crippen MR) is 90.9 cm³/mol. The Morgan fingerprint density at radius 2 is 1.96 bits per heavy atom. The number of benzene rings is 1. The van der Waals surface area contributed by atoms with Gasteiger partial charge >= 0.3 is 6.03 Å². The highest BCUT2D eigenvalue weighted by atomic mass is 16.5. The first-order valence-electron chi connectivity index (χ1n) is 8.15. The number of nitrogens with one attached hydrogen (secondary N) is 2. The number of amides is 2. The Labute approximate surface area is 138 Å². The lowest BCUT2D eigenvalue weighted by atomic mass is 10.1. The molecule has 0 atom stereocenters. The summed E-state index contributed by atoms with van der Waals surface area (Å²) in [5, 5.41) is 5.61. The Morgan fingerprint density at radius 1 is 1.22 bits per heavy atom. The van der Waals surface area contributed by atoms with E-state index in [0.717, 1.165) is 12.0 Å². The predicted octanol–water partition coefficient (Wildman–Crippen LogP) is 3.25. The number of urea groups is 1. The SMILES string of the molecule is COc1ccc(CCNC(=O)N/C=C/C2CCCC2)cc1OC. The molecule has 126 valence electrons. The second-order valence-corrected chi connectivity index (χ2v) is 5.74. The van der Waals surface area contributed by atoms with E-state index < -0.39 is 0 Å². The zero-order valence-corrected chi connectivity index (χ0v) is 13.9. The standard InChI is InChI=1S/C18H26N2O3/c1-22-16-8-7-15(13-17(16)23-2)10-12-20-18(21)19-11-9-14-5-3-4-6-14/h7-9,11,13-14H,3-6,10,12H2,1-2H3,(H2,19,20,21)/b11-9+. The molecule has 0 saturated heterocycles. The summed E-state index contributed by atoms with van der Waals surface area (Å²) >= 11 is 0. The van der Waals surface area contributed by atoms with Gasteiger partial charge in [-0.25, -0.2) is 4.79 Å². The minimum absolute atomic E-state index is 0.167. The lowest BCUT2D eigenvalue weighted by Crippen LogP contribution is -2.33. The molecule has 23 heavy (non-hydrogen) atoms. The number of carbonyl (C=O) groups excluding carboxylic acids is 1. The van der Waals surface area contributed by atoms with Crippen LogP contribution in [0.3, 0.4) is 0 Å². The fourth-order valence-electron chi connectivity index (χ4n) is 2.82. The summed E-state index contributed by atoms with van der Waals surface area (Å²) in [4.78, 5) is 11.7. The summed E-state index contributed by atoms with van der Waals surface area (Å²) in [5.41, 5.74) is 1.09. The van der Waals surface area contributed by atoms with Crippen molar-refractivity contribution in [2.75, 3.05) is 20.8 Å². The van der Waals surface area contributed by atoms with Crippen molar-refractivity contribution in [3.8, 4) is 11.5 Å². The Kier molecular flexibility index (Phi) is 6.78. The van der Waals surface area contributed by atoms with E-state index >= 15 is 0 Å². The van der Waals surface area contributed by atoms with Gasteiger partial charge in [-0.05, 0) is 42.9 Å². The molecule has 1 aliphatic rings. The van der Waals surface area contributed by atoms with Crippen molar-refractivity contribution in [3.63, 3.8) is 0 Å². The first-order chi connectivity index (χ1) is 11.2. The third-order valence-electron chi connectivity index (χ3n) is 4.13. The minimum Gasteiger partial charge on any atom is -0.493 e. The molecule has 0 unspecified atom stereocenters. The van der Waals surface area contributed by atoms with Crippen LogP contribution in [0.1, 0.15) is 31.2 Å². The average Bonchev–Trinajstić information content (AvgIpc) is 3.08. The molecule has 1 aliphatic carbocycles. The zero-order chi connectivity index (χ0) is 16.5. The highest BCUT2D eigenvalue weighted by molar-refractivity contribution is 5.74. The van der Waals surface area contributed by atoms with Crippen molar-refractivity contribution in [2.45, 2.75) is 32.1 Å². The molecule has 1 aromatic carbocycles. The summed E-state index contributed by atoms with van der Waals surface area (Å²) < 4.78 is 10.5. The summed E-state index contributed by atoms with van der Waals surface area (Å²) in [6.45, 7) is 0.568. The molecule has 0 aromatic heterocycles. The molecule has 0 spiro atoms. The van der Waals surface area contributed by atoms with Gasteiger partial charge in [0.15, 0.2) is 11.5 Å². The fraction of sp³-hybridized carbons (Fsp3) is 0.500. The van der Waals surface area contributed by atoms with Crippen LogP contribution in [0.2, 0.25) is 0 Å². The molecule has 1 fully saturated rings. The van der Waals surface area contributed by atoms with E-state index in [4.69, 9.17) is 9.47 Å². The van der Waals surface area contributed by atoms with Crippen molar-refractivity contribution in [1.82, 2.24) is 10.6 Å². The number of allylic oxidation sites excluding steroid dienone is 1. The second kappa shape index (κ2) is 9.08. The van der Waals surface area contributed by atoms with E-state index in [-0.39, 0.29) is 6.03 Å². The van der Waals surface area contributed by atoms with Gasteiger partial charge in [-0.3, -0.25) is 0 Å². The van der Waals surface area contributed by atoms with Crippen LogP contribution in [0.4, 0.5) is 4.79 Å². The average molecular weight is 318 g/mol. The number of hydrogen-bond acceptors (Lipinski definition) is 3. The van der Waals surface area contributed by atoms with Crippen molar-refractivity contribution >= 4 is 6.03 Å². The molecule has 2 rings (SSSR count). The molecule has 2 N–H and O–H groups in total. The molecule has 1 saturated carbocycles. The second-order valence-electron chi connectivity index (χ2n) is 5.74. The quantitative estimate of drug-likeness (QED) is 0.811. The van der Waals surface area contributed by atoms with Crippen molar-refractivity contribution < 1.29 is 14.3 Å². The molecular weight excluding hydrogens is 292 g/mol. The first-order valence-corrected chi connectivity index (χ1v) is 8.15. The normalized spacial score (nSPS) is 14.9. The molecule has 2 amide bonds. The highest BCUT2D eigenvalue weighted by Crippen LogP contribution is 2.27. The van der Waals surface area contributed by atoms with E-state index in [2.05, 4.69) is 16.7 Å². The first kappa shape index (κ1) is 17.2. The largest absolute Gasteiger partial charge is 0.493 e. The minimum atomic E-state index is -0.167. The zero-order valence-electron chi connectivity index (χ0n) is 13.9. The molecule has 0 radical (unpaired) electrons. The molecular formula is C18H26N2O3. The Morgan fingerprint density at radius 3 is 2.65 bits per heavy atom. The Balaban J connectivity index is 1.70. The summed E-state index contributed by atoms with van der Waals surface area (Å²) in [6, 6.07) is 5.61. The van der Waals surface area contributed by atoms with Gasteiger partial charge in [0.25, 0.3) is 0 Å². The van der Waals surface area contributed by atoms with Gasteiger partial charge in [-0.1, -0.05) is 25.0 Å². The maximum atomic E-state index is 11.7. The fourth-order valence-corrected chi connectivity index (χ4v) is 2.82. The van der Waals surface area contributed by atoms with E-state index in [1.54, 1.807) is 20.4 Å². The number of carbonyl (C=O) groups is 1. The van der Waals surface area contributed by atoms with E-state index in [1.165, 1.54) is 25.7 Å². The molecule has 5 heteroatoms. The summed E-state index contributed by atoms with van der Waals surface area (Å²) in [7, 11) is 3.23. The molecule has 5 nitrogen and oxygen atoms in total. The van der Waals surface area contributed by atoms with Crippen LogP contribution < -0.4 is 20.1 Å². The van der Waals surface area contributed by atoms with Gasteiger partial charge in [0.05, 0.1) is 14.2 Å². The van der Waals surface area contributed by atoms with Crippen LogP contribution >= 0.6 is 0 Å². The van der Waals surface area contributed by atoms with Crippen molar-refractivity contribution in [2.24, 2.45) is 5.92 Å². The smallest absolute Gasteiger partial charge is 0.318 e. The maximum absolute atomic E-state index is 11.7. The van der Waals surface area contributed by atoms with E-state index in [1.807, 2.05) is 18.2 Å². The van der Waals surface area contributed by atoms with Crippen LogP contribution in [0.5, 0.6) is 11.5 Å². The highest BCUT2D eigenvalue weighted by Gasteiger charge is 2.11. The summed E-state index contributed by atoms with van der Waals surface area (Å²) in [6.07, 6.45) is 9.67. The van der Waals surface area contributed by atoms with Crippen LogP contribution in [0, 0.1) is 5.92 Å². The van der Waals surface area contributed by atoms with E-state index in [9.17, 15) is 4.79 Å². The topological polar surface area (TPSA) is 59.6 Å². The van der Waals surface area contributed by atoms with Gasteiger partial charge in [-0.2, -0.15) is 0 Å². The van der Waals surface area contributed by atoms with Crippen LogP contribution in [0.25, 0.3) is 0 Å². The number of methoxy groups -OCH3 is 2. The number of ether oxygens (including phenoxy) is 2. The van der Waals surface area contributed by atoms with Gasteiger partial charge in [0.2, 0.25) is 0 Å². The molecule has 0 aliphatic heterocycles. The lowest BCUT2D eigenvalue weighted by Gasteiger charge is -2.10. The molecule has 0 heterocycles. The van der Waals surface area contributed by atoms with Crippen molar-refractivity contribution in [1.29, 1.82) is 0 Å². The molecule has 0 bridgehead atoms. The Hall–Kier alpha value is -2.17. The third kappa shape index (κ3) is 5.51. The van der Waals surface area contributed by atoms with Crippen LogP contribution in [0.15, 0.2) is 30.5 Å². The lowest BCUT2D eigenvalue weighted by molar-refractivity contribution is 0.244. The van der Waals surface area contributed by atoms with E-state index in [0.29, 0.717) is 24.0 Å². The van der Waals surface area contributed by atoms with Crippen LogP contribution in [-0.2, 0) is 6.42 Å². The third-order valence-corrected chi connectivity index (χ3v) is 4.13. The molecule has 1 aromatic rings. The van der Waals surface area contributed by atoms with Crippen LogP contribution in [-0.4, -0.2) is 26.8 Å². The number of rotatable bonds is 7. The summed E-state index contributed by atoms with van der Waals surface area (Å²) in [5.74, 6) is 2.04. The maximum Gasteiger partial charge on any atom is 0.318 e.